The van der Waals surface area contributed by atoms with Crippen LogP contribution in [-0.4, -0.2) is 17.3 Å². The topological polar surface area (TPSA) is 29.1 Å². The van der Waals surface area contributed by atoms with Crippen molar-refractivity contribution in [2.24, 2.45) is 0 Å². The van der Waals surface area contributed by atoms with E-state index in [1.54, 1.807) is 0 Å². The molecule has 17 heavy (non-hydrogen) atoms. The van der Waals surface area contributed by atoms with Gasteiger partial charge in [-0.3, -0.25) is 4.79 Å². The number of carbonyl (C=O) groups is 1. The van der Waals surface area contributed by atoms with Gasteiger partial charge in [0.1, 0.15) is 0 Å². The van der Waals surface area contributed by atoms with Crippen molar-refractivity contribution in [2.75, 3.05) is 5.88 Å². The van der Waals surface area contributed by atoms with E-state index in [1.165, 1.54) is 0 Å². The lowest BCUT2D eigenvalue weighted by Gasteiger charge is -2.41. The molecule has 1 aliphatic rings. The van der Waals surface area contributed by atoms with Gasteiger partial charge in [-0.2, -0.15) is 0 Å². The summed E-state index contributed by atoms with van der Waals surface area (Å²) >= 11 is 5.94. The first-order chi connectivity index (χ1) is 8.04. The molecule has 0 aromatic heterocycles. The number of benzene rings is 1. The summed E-state index contributed by atoms with van der Waals surface area (Å²) in [6, 6.07) is 5.91. The predicted molar refractivity (Wildman–Crippen MR) is 70.7 cm³/mol. The van der Waals surface area contributed by atoms with Crippen molar-refractivity contribution < 1.29 is 4.79 Å². The zero-order valence-electron chi connectivity index (χ0n) is 10.3. The summed E-state index contributed by atoms with van der Waals surface area (Å²) < 4.78 is 0. The van der Waals surface area contributed by atoms with Gasteiger partial charge in [0.15, 0.2) is 0 Å². The van der Waals surface area contributed by atoms with Crippen molar-refractivity contribution in [3.63, 3.8) is 0 Å². The van der Waals surface area contributed by atoms with Gasteiger partial charge in [-0.05, 0) is 45.2 Å². The molecule has 1 amide bonds. The van der Waals surface area contributed by atoms with Crippen LogP contribution in [0.2, 0.25) is 0 Å². The second-order valence-corrected chi connectivity index (χ2v) is 5.37. The van der Waals surface area contributed by atoms with E-state index in [2.05, 4.69) is 11.4 Å². The van der Waals surface area contributed by atoms with Crippen molar-refractivity contribution in [1.82, 2.24) is 5.32 Å². The van der Waals surface area contributed by atoms with E-state index in [-0.39, 0.29) is 11.4 Å². The molecule has 0 bridgehead atoms. The Kier molecular flexibility index (Phi) is 3.43. The maximum absolute atomic E-state index is 12.1. The molecule has 0 radical (unpaired) electrons. The molecule has 2 nitrogen and oxygen atoms in total. The molecular weight excluding hydrogens is 234 g/mol. The molecule has 0 spiro atoms. The molecule has 0 atom stereocenters. The van der Waals surface area contributed by atoms with Gasteiger partial charge in [-0.25, -0.2) is 0 Å². The summed E-state index contributed by atoms with van der Waals surface area (Å²) in [6.45, 7) is 4.01. The van der Waals surface area contributed by atoms with Crippen molar-refractivity contribution in [3.05, 3.63) is 34.9 Å². The van der Waals surface area contributed by atoms with Gasteiger partial charge in [-0.1, -0.05) is 17.2 Å². The van der Waals surface area contributed by atoms with E-state index >= 15 is 0 Å². The first-order valence-electron chi connectivity index (χ1n) is 6.01. The largest absolute Gasteiger partial charge is 0.345 e. The fourth-order valence-corrected chi connectivity index (χ4v) is 2.65. The van der Waals surface area contributed by atoms with Gasteiger partial charge in [0.05, 0.1) is 5.54 Å². The quantitative estimate of drug-likeness (QED) is 0.822. The number of hydrogen-bond donors (Lipinski definition) is 1. The lowest BCUT2D eigenvalue weighted by atomic mass is 9.78. The van der Waals surface area contributed by atoms with Crippen molar-refractivity contribution >= 4 is 17.5 Å². The molecule has 2 rings (SSSR count). The van der Waals surface area contributed by atoms with Gasteiger partial charge >= 0.3 is 0 Å². The molecule has 1 aromatic carbocycles. The lowest BCUT2D eigenvalue weighted by Crippen LogP contribution is -2.55. The monoisotopic (exact) mass is 251 g/mol. The zero-order chi connectivity index (χ0) is 12.5. The standard InChI is InChI=1S/C14H18ClNO/c1-10-6-11(2)8-12(7-10)13(17)16-14(9-15)4-3-5-14/h6-8H,3-5,9H2,1-2H3,(H,16,17). The minimum Gasteiger partial charge on any atom is -0.345 e. The number of hydrogen-bond acceptors (Lipinski definition) is 1. The fourth-order valence-electron chi connectivity index (χ4n) is 2.31. The highest BCUT2D eigenvalue weighted by Gasteiger charge is 2.37. The number of amides is 1. The average Bonchev–Trinajstić information content (AvgIpc) is 2.21. The van der Waals surface area contributed by atoms with Gasteiger partial charge in [-0.15, -0.1) is 11.6 Å². The van der Waals surface area contributed by atoms with Crippen LogP contribution >= 0.6 is 11.6 Å². The minimum atomic E-state index is -0.156. The van der Waals surface area contributed by atoms with E-state index in [4.69, 9.17) is 11.6 Å². The van der Waals surface area contributed by atoms with Crippen LogP contribution in [0.15, 0.2) is 18.2 Å². The highest BCUT2D eigenvalue weighted by molar-refractivity contribution is 6.19. The number of rotatable bonds is 3. The Morgan fingerprint density at radius 1 is 1.29 bits per heavy atom. The fraction of sp³-hybridized carbons (Fsp3) is 0.500. The van der Waals surface area contributed by atoms with Crippen LogP contribution in [0.25, 0.3) is 0 Å². The molecule has 1 fully saturated rings. The van der Waals surface area contributed by atoms with Crippen LogP contribution in [-0.2, 0) is 0 Å². The Labute approximate surface area is 107 Å². The summed E-state index contributed by atoms with van der Waals surface area (Å²) in [5.74, 6) is 0.501. The molecule has 92 valence electrons. The Morgan fingerprint density at radius 3 is 2.29 bits per heavy atom. The molecule has 1 saturated carbocycles. The summed E-state index contributed by atoms with van der Waals surface area (Å²) in [7, 11) is 0. The third-order valence-electron chi connectivity index (χ3n) is 3.43. The Bertz CT molecular complexity index is 412. The third-order valence-corrected chi connectivity index (χ3v) is 3.94. The number of aryl methyl sites for hydroxylation is 2. The average molecular weight is 252 g/mol. The summed E-state index contributed by atoms with van der Waals surface area (Å²) in [6.07, 6.45) is 3.14. The number of carbonyl (C=O) groups excluding carboxylic acids is 1. The molecule has 1 aromatic rings. The van der Waals surface area contributed by atoms with Crippen molar-refractivity contribution in [1.29, 1.82) is 0 Å². The second-order valence-electron chi connectivity index (χ2n) is 5.10. The molecule has 0 saturated heterocycles. The van der Waals surface area contributed by atoms with E-state index in [0.717, 1.165) is 36.0 Å². The molecule has 0 heterocycles. The van der Waals surface area contributed by atoms with Crippen LogP contribution in [0.5, 0.6) is 0 Å². The third kappa shape index (κ3) is 2.63. The van der Waals surface area contributed by atoms with Crippen LogP contribution in [0, 0.1) is 13.8 Å². The summed E-state index contributed by atoms with van der Waals surface area (Å²) in [5, 5.41) is 3.08. The maximum Gasteiger partial charge on any atom is 0.251 e. The maximum atomic E-state index is 12.1. The van der Waals surface area contributed by atoms with Gasteiger partial charge in [0.2, 0.25) is 0 Å². The molecule has 1 N–H and O–H groups in total. The van der Waals surface area contributed by atoms with Crippen LogP contribution in [0.4, 0.5) is 0 Å². The number of halogens is 1. The first kappa shape index (κ1) is 12.4. The summed E-state index contributed by atoms with van der Waals surface area (Å²) in [5.41, 5.74) is 2.81. The second kappa shape index (κ2) is 4.69. The SMILES string of the molecule is Cc1cc(C)cc(C(=O)NC2(CCl)CCC2)c1. The molecule has 1 aliphatic carbocycles. The first-order valence-corrected chi connectivity index (χ1v) is 6.55. The Hall–Kier alpha value is -1.02. The van der Waals surface area contributed by atoms with E-state index in [1.807, 2.05) is 26.0 Å². The molecule has 0 unspecified atom stereocenters. The van der Waals surface area contributed by atoms with Crippen LogP contribution in [0.3, 0.4) is 0 Å². The minimum absolute atomic E-state index is 0.00264. The normalized spacial score (nSPS) is 17.4. The Morgan fingerprint density at radius 2 is 1.88 bits per heavy atom. The van der Waals surface area contributed by atoms with Gasteiger partial charge < -0.3 is 5.32 Å². The number of nitrogens with one attached hydrogen (secondary N) is 1. The molecule has 3 heteroatoms. The van der Waals surface area contributed by atoms with Crippen LogP contribution < -0.4 is 5.32 Å². The zero-order valence-corrected chi connectivity index (χ0v) is 11.1. The van der Waals surface area contributed by atoms with E-state index in [9.17, 15) is 4.79 Å². The van der Waals surface area contributed by atoms with Crippen LogP contribution in [0.1, 0.15) is 40.7 Å². The van der Waals surface area contributed by atoms with Crippen molar-refractivity contribution in [2.45, 2.75) is 38.6 Å². The lowest BCUT2D eigenvalue weighted by molar-refractivity contribution is 0.0853. The van der Waals surface area contributed by atoms with Gasteiger partial charge in [0, 0.05) is 11.4 Å². The smallest absolute Gasteiger partial charge is 0.251 e. The van der Waals surface area contributed by atoms with Crippen molar-refractivity contribution in [3.8, 4) is 0 Å². The predicted octanol–water partition coefficient (Wildman–Crippen LogP) is 3.19. The van der Waals surface area contributed by atoms with E-state index in [0.29, 0.717) is 5.88 Å². The highest BCUT2D eigenvalue weighted by atomic mass is 35.5. The van der Waals surface area contributed by atoms with E-state index < -0.39 is 0 Å². The summed E-state index contributed by atoms with van der Waals surface area (Å²) in [4.78, 5) is 12.1. The highest BCUT2D eigenvalue weighted by Crippen LogP contribution is 2.33. The molecular formula is C14H18ClNO. The van der Waals surface area contributed by atoms with Gasteiger partial charge in [0.25, 0.3) is 5.91 Å². The molecule has 0 aliphatic heterocycles. The Balaban J connectivity index is 2.14. The number of alkyl halides is 1.